The lowest BCUT2D eigenvalue weighted by Gasteiger charge is -2.16. The van der Waals surface area contributed by atoms with Crippen molar-refractivity contribution in [3.05, 3.63) is 131 Å². The summed E-state index contributed by atoms with van der Waals surface area (Å²) in [6.07, 6.45) is 2.24. The lowest BCUT2D eigenvalue weighted by atomic mass is 10.1. The van der Waals surface area contributed by atoms with Gasteiger partial charge in [0.25, 0.3) is 11.8 Å². The van der Waals surface area contributed by atoms with Gasteiger partial charge in [0.2, 0.25) is 5.91 Å². The molecule has 4 rings (SSSR count). The molecule has 41 heavy (non-hydrogen) atoms. The Morgan fingerprint density at radius 2 is 1.51 bits per heavy atom. The summed E-state index contributed by atoms with van der Waals surface area (Å²) in [6.45, 7) is 3.92. The molecule has 4 aromatic rings. The summed E-state index contributed by atoms with van der Waals surface area (Å²) in [5, 5.41) is 8.74. The van der Waals surface area contributed by atoms with Gasteiger partial charge >= 0.3 is 0 Å². The third kappa shape index (κ3) is 8.83. The van der Waals surface area contributed by atoms with Crippen molar-refractivity contribution < 1.29 is 14.4 Å². The molecule has 1 unspecified atom stereocenters. The number of nitrogens with one attached hydrogen (secondary N) is 3. The van der Waals surface area contributed by atoms with Crippen molar-refractivity contribution in [2.45, 2.75) is 30.4 Å². The Hall–Kier alpha value is -4.33. The highest BCUT2D eigenvalue weighted by Gasteiger charge is 2.19. The number of rotatable bonds is 10. The van der Waals surface area contributed by atoms with Crippen LogP contribution in [0.1, 0.15) is 34.8 Å². The van der Waals surface area contributed by atoms with Crippen molar-refractivity contribution >= 4 is 58.5 Å². The molecule has 0 saturated carbocycles. The van der Waals surface area contributed by atoms with Crippen LogP contribution in [0.15, 0.2) is 114 Å². The van der Waals surface area contributed by atoms with E-state index in [1.807, 2.05) is 56.3 Å². The van der Waals surface area contributed by atoms with Gasteiger partial charge in [0, 0.05) is 26.9 Å². The molecule has 0 fully saturated rings. The van der Waals surface area contributed by atoms with Gasteiger partial charge in [0.1, 0.15) is 5.70 Å². The molecule has 0 bridgehead atoms. The average molecular weight is 584 g/mol. The van der Waals surface area contributed by atoms with Crippen molar-refractivity contribution in [3.8, 4) is 0 Å². The van der Waals surface area contributed by atoms with Crippen molar-refractivity contribution in [3.63, 3.8) is 0 Å². The fourth-order valence-electron chi connectivity index (χ4n) is 3.89. The summed E-state index contributed by atoms with van der Waals surface area (Å²) in [5.41, 5.74) is 3.57. The maximum absolute atomic E-state index is 13.4. The third-order valence-electron chi connectivity index (χ3n) is 6.04. The van der Waals surface area contributed by atoms with Gasteiger partial charge in [-0.25, -0.2) is 0 Å². The number of hydrogen-bond donors (Lipinski definition) is 3. The molecule has 0 heterocycles. The zero-order chi connectivity index (χ0) is 29.2. The topological polar surface area (TPSA) is 87.3 Å². The molecular formula is C33H30ClN3O3S. The van der Waals surface area contributed by atoms with E-state index in [-0.39, 0.29) is 22.8 Å². The number of hydrogen-bond acceptors (Lipinski definition) is 4. The standard InChI is InChI=1S/C33H30ClN3O3S/c1-3-30(33(40)36-26-12-7-11-25(34)20-26)41-28-14-8-13-27(21-28)35-32(39)29(19-23-17-15-22(2)16-18-23)37-31(38)24-9-5-4-6-10-24/h4-21,30H,3H2,1-2H3,(H,35,39)(H,36,40)(H,37,38)/b29-19-. The summed E-state index contributed by atoms with van der Waals surface area (Å²) < 4.78 is 0. The predicted molar refractivity (Wildman–Crippen MR) is 168 cm³/mol. The monoisotopic (exact) mass is 583 g/mol. The SMILES string of the molecule is CCC(Sc1cccc(NC(=O)/C(=C/c2ccc(C)cc2)NC(=O)c2ccccc2)c1)C(=O)Nc1cccc(Cl)c1. The lowest BCUT2D eigenvalue weighted by molar-refractivity contribution is -0.116. The van der Waals surface area contributed by atoms with Crippen molar-refractivity contribution in [1.29, 1.82) is 0 Å². The van der Waals surface area contributed by atoms with E-state index in [1.165, 1.54) is 11.8 Å². The van der Waals surface area contributed by atoms with E-state index in [9.17, 15) is 14.4 Å². The van der Waals surface area contributed by atoms with E-state index in [0.29, 0.717) is 28.4 Å². The zero-order valence-corrected chi connectivity index (χ0v) is 24.3. The van der Waals surface area contributed by atoms with Gasteiger partial charge in [-0.2, -0.15) is 0 Å². The van der Waals surface area contributed by atoms with Crippen LogP contribution < -0.4 is 16.0 Å². The number of benzene rings is 4. The van der Waals surface area contributed by atoms with E-state index in [0.717, 1.165) is 16.0 Å². The highest BCUT2D eigenvalue weighted by atomic mass is 35.5. The summed E-state index contributed by atoms with van der Waals surface area (Å²) in [7, 11) is 0. The number of carbonyl (C=O) groups is 3. The number of aryl methyl sites for hydroxylation is 1. The average Bonchev–Trinajstić information content (AvgIpc) is 2.97. The highest BCUT2D eigenvalue weighted by molar-refractivity contribution is 8.00. The van der Waals surface area contributed by atoms with Crippen LogP contribution in [0.2, 0.25) is 5.02 Å². The normalized spacial score (nSPS) is 11.8. The Balaban J connectivity index is 1.49. The van der Waals surface area contributed by atoms with Crippen LogP contribution in [0.3, 0.4) is 0 Å². The number of thioether (sulfide) groups is 1. The van der Waals surface area contributed by atoms with Crippen molar-refractivity contribution in [2.75, 3.05) is 10.6 Å². The maximum Gasteiger partial charge on any atom is 0.272 e. The molecule has 0 aliphatic carbocycles. The van der Waals surface area contributed by atoms with Gasteiger partial charge < -0.3 is 16.0 Å². The molecule has 0 radical (unpaired) electrons. The Morgan fingerprint density at radius 3 is 2.20 bits per heavy atom. The van der Waals surface area contributed by atoms with Gasteiger partial charge in [-0.15, -0.1) is 11.8 Å². The van der Waals surface area contributed by atoms with Crippen LogP contribution in [0, 0.1) is 6.92 Å². The number of anilines is 2. The van der Waals surface area contributed by atoms with E-state index in [4.69, 9.17) is 11.6 Å². The molecule has 0 spiro atoms. The second kappa shape index (κ2) is 14.3. The van der Waals surface area contributed by atoms with Gasteiger partial charge in [0.05, 0.1) is 5.25 Å². The maximum atomic E-state index is 13.4. The van der Waals surface area contributed by atoms with Crippen molar-refractivity contribution in [2.24, 2.45) is 0 Å². The van der Waals surface area contributed by atoms with Crippen LogP contribution in [-0.4, -0.2) is 23.0 Å². The van der Waals surface area contributed by atoms with E-state index >= 15 is 0 Å². The first-order chi connectivity index (χ1) is 19.8. The van der Waals surface area contributed by atoms with Crippen LogP contribution in [0.5, 0.6) is 0 Å². The van der Waals surface area contributed by atoms with Gasteiger partial charge in [-0.05, 0) is 73.5 Å². The number of halogens is 1. The minimum Gasteiger partial charge on any atom is -0.325 e. The highest BCUT2D eigenvalue weighted by Crippen LogP contribution is 2.29. The Bertz CT molecular complexity index is 1560. The number of amides is 3. The molecule has 8 heteroatoms. The van der Waals surface area contributed by atoms with Crippen LogP contribution >= 0.6 is 23.4 Å². The molecule has 208 valence electrons. The van der Waals surface area contributed by atoms with Gasteiger partial charge in [-0.1, -0.05) is 78.7 Å². The van der Waals surface area contributed by atoms with Crippen LogP contribution in [-0.2, 0) is 9.59 Å². The summed E-state index contributed by atoms with van der Waals surface area (Å²) in [6, 6.07) is 30.6. The number of carbonyl (C=O) groups excluding carboxylic acids is 3. The fraction of sp³-hybridized carbons (Fsp3) is 0.121. The fourth-order valence-corrected chi connectivity index (χ4v) is 5.10. The molecule has 0 aliphatic rings. The zero-order valence-electron chi connectivity index (χ0n) is 22.7. The Morgan fingerprint density at radius 1 is 0.829 bits per heavy atom. The first-order valence-electron chi connectivity index (χ1n) is 13.1. The van der Waals surface area contributed by atoms with Gasteiger partial charge in [0.15, 0.2) is 0 Å². The lowest BCUT2D eigenvalue weighted by Crippen LogP contribution is -2.30. The largest absolute Gasteiger partial charge is 0.325 e. The molecule has 0 aromatic heterocycles. The quantitative estimate of drug-likeness (QED) is 0.133. The summed E-state index contributed by atoms with van der Waals surface area (Å²) in [5.74, 6) is -0.996. The van der Waals surface area contributed by atoms with Gasteiger partial charge in [-0.3, -0.25) is 14.4 Å². The molecule has 0 saturated heterocycles. The minimum absolute atomic E-state index is 0.105. The predicted octanol–water partition coefficient (Wildman–Crippen LogP) is 7.57. The van der Waals surface area contributed by atoms with E-state index in [1.54, 1.807) is 66.7 Å². The molecule has 3 N–H and O–H groups in total. The molecular weight excluding hydrogens is 554 g/mol. The molecule has 1 atom stereocenters. The Kier molecular flexibility index (Phi) is 10.4. The summed E-state index contributed by atoms with van der Waals surface area (Å²) in [4.78, 5) is 40.0. The first-order valence-corrected chi connectivity index (χ1v) is 14.4. The van der Waals surface area contributed by atoms with Crippen molar-refractivity contribution in [1.82, 2.24) is 5.32 Å². The molecule has 3 amide bonds. The molecule has 4 aromatic carbocycles. The molecule has 6 nitrogen and oxygen atoms in total. The molecule has 0 aliphatic heterocycles. The Labute approximate surface area is 249 Å². The smallest absolute Gasteiger partial charge is 0.272 e. The third-order valence-corrected chi connectivity index (χ3v) is 7.64. The first kappa shape index (κ1) is 29.6. The second-order valence-corrected chi connectivity index (χ2v) is 11.0. The second-order valence-electron chi connectivity index (χ2n) is 9.29. The minimum atomic E-state index is -0.470. The van der Waals surface area contributed by atoms with Crippen LogP contribution in [0.4, 0.5) is 11.4 Å². The van der Waals surface area contributed by atoms with E-state index < -0.39 is 5.91 Å². The van der Waals surface area contributed by atoms with E-state index in [2.05, 4.69) is 16.0 Å². The van der Waals surface area contributed by atoms with Crippen LogP contribution in [0.25, 0.3) is 6.08 Å². The summed E-state index contributed by atoms with van der Waals surface area (Å²) >= 11 is 7.45.